The van der Waals surface area contributed by atoms with E-state index in [1.54, 1.807) is 0 Å². The summed E-state index contributed by atoms with van der Waals surface area (Å²) in [5, 5.41) is 7.01. The molecule has 1 fully saturated rings. The summed E-state index contributed by atoms with van der Waals surface area (Å²) >= 11 is 0. The molecule has 0 spiro atoms. The number of hydrogen-bond acceptors (Lipinski definition) is 3. The molecule has 1 atom stereocenters. The van der Waals surface area contributed by atoms with Gasteiger partial charge in [-0.05, 0) is 37.3 Å². The van der Waals surface area contributed by atoms with Gasteiger partial charge in [-0.3, -0.25) is 9.89 Å². The van der Waals surface area contributed by atoms with E-state index in [0.717, 1.165) is 58.0 Å². The maximum Gasteiger partial charge on any atom is 0.191 e. The third-order valence-electron chi connectivity index (χ3n) is 5.65. The van der Waals surface area contributed by atoms with Crippen LogP contribution < -0.4 is 10.6 Å². The molecule has 2 aromatic rings. The monoisotopic (exact) mass is 536 g/mol. The van der Waals surface area contributed by atoms with Crippen molar-refractivity contribution in [2.24, 2.45) is 4.99 Å². The van der Waals surface area contributed by atoms with Gasteiger partial charge in [0.05, 0.1) is 6.10 Å². The zero-order valence-corrected chi connectivity index (χ0v) is 21.1. The van der Waals surface area contributed by atoms with E-state index in [-0.39, 0.29) is 30.1 Å². The van der Waals surface area contributed by atoms with Crippen molar-refractivity contribution in [3.8, 4) is 0 Å². The molecule has 0 amide bonds. The number of nitrogens with zero attached hydrogens (tertiary/aromatic N) is 2. The van der Waals surface area contributed by atoms with E-state index in [0.29, 0.717) is 6.04 Å². The van der Waals surface area contributed by atoms with Crippen LogP contribution in [0.4, 0.5) is 0 Å². The second-order valence-electron chi connectivity index (χ2n) is 7.96. The molecule has 2 N–H and O–H groups in total. The lowest BCUT2D eigenvalue weighted by molar-refractivity contribution is 0.0646. The van der Waals surface area contributed by atoms with Crippen LogP contribution in [-0.2, 0) is 11.3 Å². The van der Waals surface area contributed by atoms with Crippen LogP contribution in [0.25, 0.3) is 0 Å². The van der Waals surface area contributed by atoms with E-state index < -0.39 is 0 Å². The molecule has 170 valence electrons. The molecule has 1 saturated heterocycles. The minimum absolute atomic E-state index is 0. The maximum atomic E-state index is 5.95. The first-order chi connectivity index (χ1) is 14.7. The quantitative estimate of drug-likeness (QED) is 0.213. The van der Waals surface area contributed by atoms with E-state index in [9.17, 15) is 0 Å². The molecule has 0 saturated carbocycles. The Morgan fingerprint density at radius 1 is 1.06 bits per heavy atom. The molecular weight excluding hydrogens is 499 g/mol. The number of ether oxygens (including phenoxy) is 1. The fourth-order valence-corrected chi connectivity index (χ4v) is 3.82. The highest BCUT2D eigenvalue weighted by atomic mass is 127. The zero-order valence-electron chi connectivity index (χ0n) is 18.8. The van der Waals surface area contributed by atoms with Gasteiger partial charge in [0.25, 0.3) is 0 Å². The summed E-state index contributed by atoms with van der Waals surface area (Å²) in [7, 11) is 1.84. The lowest BCUT2D eigenvalue weighted by Crippen LogP contribution is -2.48. The summed E-state index contributed by atoms with van der Waals surface area (Å²) in [6.07, 6.45) is 3.37. The molecule has 0 aromatic heterocycles. The number of piperidine rings is 1. The van der Waals surface area contributed by atoms with Crippen LogP contribution in [0.5, 0.6) is 0 Å². The first-order valence-corrected chi connectivity index (χ1v) is 11.1. The summed E-state index contributed by atoms with van der Waals surface area (Å²) < 4.78 is 5.95. The van der Waals surface area contributed by atoms with E-state index in [1.807, 2.05) is 13.1 Å². The third-order valence-corrected chi connectivity index (χ3v) is 5.65. The first kappa shape index (κ1) is 25.6. The average Bonchev–Trinajstić information content (AvgIpc) is 2.80. The summed E-state index contributed by atoms with van der Waals surface area (Å²) in [4.78, 5) is 6.93. The fourth-order valence-electron chi connectivity index (χ4n) is 3.82. The van der Waals surface area contributed by atoms with Crippen molar-refractivity contribution < 1.29 is 4.74 Å². The molecule has 0 bridgehead atoms. The smallest absolute Gasteiger partial charge is 0.191 e. The first-order valence-electron chi connectivity index (χ1n) is 11.1. The van der Waals surface area contributed by atoms with Crippen LogP contribution in [0.2, 0.25) is 0 Å². The van der Waals surface area contributed by atoms with E-state index in [2.05, 4.69) is 82.0 Å². The molecule has 31 heavy (non-hydrogen) atoms. The molecule has 2 aromatic carbocycles. The van der Waals surface area contributed by atoms with Gasteiger partial charge >= 0.3 is 0 Å². The van der Waals surface area contributed by atoms with Gasteiger partial charge in [-0.1, -0.05) is 60.7 Å². The number of aliphatic imine (C=N–C) groups is 1. The van der Waals surface area contributed by atoms with E-state index in [4.69, 9.17) is 4.74 Å². The Hall–Kier alpha value is -1.64. The zero-order chi connectivity index (χ0) is 21.0. The van der Waals surface area contributed by atoms with Gasteiger partial charge in [-0.2, -0.15) is 0 Å². The molecule has 6 heteroatoms. The summed E-state index contributed by atoms with van der Waals surface area (Å²) in [5.41, 5.74) is 2.62. The Kier molecular flexibility index (Phi) is 11.9. The van der Waals surface area contributed by atoms with E-state index in [1.165, 1.54) is 11.1 Å². The van der Waals surface area contributed by atoms with Crippen LogP contribution in [0.15, 0.2) is 65.7 Å². The highest BCUT2D eigenvalue weighted by molar-refractivity contribution is 14.0. The highest BCUT2D eigenvalue weighted by Crippen LogP contribution is 2.16. The molecule has 0 aliphatic carbocycles. The Morgan fingerprint density at radius 3 is 2.35 bits per heavy atom. The van der Waals surface area contributed by atoms with Gasteiger partial charge in [0.15, 0.2) is 5.96 Å². The lowest BCUT2D eigenvalue weighted by atomic mass is 10.0. The lowest BCUT2D eigenvalue weighted by Gasteiger charge is -2.33. The van der Waals surface area contributed by atoms with Gasteiger partial charge in [0.1, 0.15) is 0 Å². The van der Waals surface area contributed by atoms with Crippen molar-refractivity contribution >= 4 is 29.9 Å². The number of rotatable bonds is 9. The predicted octanol–water partition coefficient (Wildman–Crippen LogP) is 4.60. The third kappa shape index (κ3) is 9.17. The topological polar surface area (TPSA) is 48.9 Å². The Labute approximate surface area is 204 Å². The maximum absolute atomic E-state index is 5.95. The molecular formula is C25H37IN4O. The van der Waals surface area contributed by atoms with Crippen LogP contribution in [0.1, 0.15) is 43.4 Å². The minimum Gasteiger partial charge on any atom is -0.374 e. The minimum atomic E-state index is 0. The molecule has 5 nitrogen and oxygen atoms in total. The van der Waals surface area contributed by atoms with Crippen molar-refractivity contribution in [3.05, 3.63) is 71.8 Å². The van der Waals surface area contributed by atoms with Gasteiger partial charge < -0.3 is 15.4 Å². The summed E-state index contributed by atoms with van der Waals surface area (Å²) in [6.45, 7) is 6.98. The van der Waals surface area contributed by atoms with Crippen molar-refractivity contribution in [3.63, 3.8) is 0 Å². The largest absolute Gasteiger partial charge is 0.374 e. The number of benzene rings is 2. The van der Waals surface area contributed by atoms with Gasteiger partial charge in [0, 0.05) is 45.9 Å². The Bertz CT molecular complexity index is 749. The predicted molar refractivity (Wildman–Crippen MR) is 140 cm³/mol. The number of nitrogens with one attached hydrogen (secondary N) is 2. The Balaban J connectivity index is 0.00000341. The number of likely N-dealkylation sites (tertiary alicyclic amines) is 1. The van der Waals surface area contributed by atoms with E-state index >= 15 is 0 Å². The fraction of sp³-hybridized carbons (Fsp3) is 0.480. The normalized spacial score (nSPS) is 16.4. The number of halogens is 1. The average molecular weight is 537 g/mol. The number of guanidine groups is 1. The number of hydrogen-bond donors (Lipinski definition) is 2. The molecule has 1 heterocycles. The SMILES string of the molecule is CN=C(NCCCOC(C)c1ccccc1)NC1CCN(Cc2ccccc2)CC1.I. The molecule has 1 aliphatic heterocycles. The van der Waals surface area contributed by atoms with Gasteiger partial charge in [-0.15, -0.1) is 24.0 Å². The summed E-state index contributed by atoms with van der Waals surface area (Å²) in [6, 6.07) is 21.6. The van der Waals surface area contributed by atoms with Crippen LogP contribution in [-0.4, -0.2) is 50.2 Å². The van der Waals surface area contributed by atoms with Crippen LogP contribution >= 0.6 is 24.0 Å². The standard InChI is InChI=1S/C25H36N4O.HI/c1-21(23-12-7-4-8-13-23)30-19-9-16-27-25(26-2)28-24-14-17-29(18-15-24)20-22-10-5-3-6-11-22;/h3-8,10-13,21,24H,9,14-20H2,1-2H3,(H2,26,27,28);1H. The van der Waals surface area contributed by atoms with Gasteiger partial charge in [0.2, 0.25) is 0 Å². The van der Waals surface area contributed by atoms with Crippen molar-refractivity contribution in [2.75, 3.05) is 33.3 Å². The van der Waals surface area contributed by atoms with Gasteiger partial charge in [-0.25, -0.2) is 0 Å². The second kappa shape index (κ2) is 14.4. The van der Waals surface area contributed by atoms with Crippen molar-refractivity contribution in [1.82, 2.24) is 15.5 Å². The van der Waals surface area contributed by atoms with Crippen molar-refractivity contribution in [2.45, 2.75) is 44.9 Å². The highest BCUT2D eigenvalue weighted by Gasteiger charge is 2.19. The Morgan fingerprint density at radius 2 is 1.71 bits per heavy atom. The second-order valence-corrected chi connectivity index (χ2v) is 7.96. The summed E-state index contributed by atoms with van der Waals surface area (Å²) in [5.74, 6) is 0.896. The van der Waals surface area contributed by atoms with Crippen LogP contribution in [0.3, 0.4) is 0 Å². The van der Waals surface area contributed by atoms with Crippen molar-refractivity contribution in [1.29, 1.82) is 0 Å². The molecule has 3 rings (SSSR count). The molecule has 1 unspecified atom stereocenters. The van der Waals surface area contributed by atoms with Crippen LogP contribution in [0, 0.1) is 0 Å². The molecule has 1 aliphatic rings. The molecule has 0 radical (unpaired) electrons.